The van der Waals surface area contributed by atoms with E-state index in [1.54, 1.807) is 12.1 Å². The van der Waals surface area contributed by atoms with E-state index < -0.39 is 0 Å². The van der Waals surface area contributed by atoms with Crippen molar-refractivity contribution in [2.24, 2.45) is 0 Å². The number of halogens is 2. The third kappa shape index (κ3) is 1.46. The predicted molar refractivity (Wildman–Crippen MR) is 47.6 cm³/mol. The summed E-state index contributed by atoms with van der Waals surface area (Å²) in [7, 11) is 0. The molecule has 3 nitrogen and oxygen atoms in total. The summed E-state index contributed by atoms with van der Waals surface area (Å²) in [5.41, 5.74) is 0. The Morgan fingerprint density at radius 2 is 2.08 bits per heavy atom. The highest BCUT2D eigenvalue weighted by molar-refractivity contribution is 7.18. The van der Waals surface area contributed by atoms with Gasteiger partial charge in [-0.25, -0.2) is 0 Å². The van der Waals surface area contributed by atoms with Gasteiger partial charge in [-0.15, -0.1) is 10.2 Å². The number of furan rings is 1. The van der Waals surface area contributed by atoms with Gasteiger partial charge in [-0.1, -0.05) is 11.3 Å². The molecule has 0 saturated carbocycles. The number of rotatable bonds is 1. The Morgan fingerprint density at radius 1 is 1.25 bits per heavy atom. The zero-order valence-corrected chi connectivity index (χ0v) is 7.95. The topological polar surface area (TPSA) is 38.9 Å². The molecule has 0 aliphatic heterocycles. The molecule has 0 spiro atoms. The van der Waals surface area contributed by atoms with Gasteiger partial charge in [0.1, 0.15) is 0 Å². The maximum atomic E-state index is 5.59. The van der Waals surface area contributed by atoms with Gasteiger partial charge in [0.15, 0.2) is 16.0 Å². The molecule has 6 heteroatoms. The average molecular weight is 221 g/mol. The van der Waals surface area contributed by atoms with Crippen LogP contribution in [0.3, 0.4) is 0 Å². The lowest BCUT2D eigenvalue weighted by atomic mass is 10.5. The molecule has 62 valence electrons. The van der Waals surface area contributed by atoms with Crippen molar-refractivity contribution in [3.05, 3.63) is 21.8 Å². The molecular formula is C6H2Cl2N2OS. The summed E-state index contributed by atoms with van der Waals surface area (Å²) in [4.78, 5) is 0. The van der Waals surface area contributed by atoms with Crippen LogP contribution >= 0.6 is 34.5 Å². The molecule has 12 heavy (non-hydrogen) atoms. The summed E-state index contributed by atoms with van der Waals surface area (Å²) in [5, 5.41) is 8.38. The van der Waals surface area contributed by atoms with Gasteiger partial charge in [0.2, 0.25) is 4.47 Å². The normalized spacial score (nSPS) is 10.5. The van der Waals surface area contributed by atoms with Gasteiger partial charge >= 0.3 is 0 Å². The Morgan fingerprint density at radius 3 is 2.58 bits per heavy atom. The van der Waals surface area contributed by atoms with Crippen LogP contribution in [0.15, 0.2) is 16.5 Å². The van der Waals surface area contributed by atoms with Crippen molar-refractivity contribution in [1.29, 1.82) is 0 Å². The average Bonchev–Trinajstić information content (AvgIpc) is 2.58. The van der Waals surface area contributed by atoms with Crippen molar-refractivity contribution in [2.45, 2.75) is 0 Å². The van der Waals surface area contributed by atoms with Crippen molar-refractivity contribution in [2.75, 3.05) is 0 Å². The molecule has 2 aromatic heterocycles. The molecule has 0 saturated heterocycles. The van der Waals surface area contributed by atoms with Crippen molar-refractivity contribution >= 4 is 34.5 Å². The zero-order valence-electron chi connectivity index (χ0n) is 5.62. The maximum absolute atomic E-state index is 5.59. The van der Waals surface area contributed by atoms with E-state index in [2.05, 4.69) is 10.2 Å². The number of aromatic nitrogens is 2. The molecule has 0 atom stereocenters. The zero-order chi connectivity index (χ0) is 8.55. The minimum Gasteiger partial charge on any atom is -0.442 e. The summed E-state index contributed by atoms with van der Waals surface area (Å²) < 4.78 is 5.48. The first-order chi connectivity index (χ1) is 5.75. The lowest BCUT2D eigenvalue weighted by molar-refractivity contribution is 0.583. The first-order valence-corrected chi connectivity index (χ1v) is 4.57. The summed E-state index contributed by atoms with van der Waals surface area (Å²) in [6.45, 7) is 0. The van der Waals surface area contributed by atoms with Crippen molar-refractivity contribution in [1.82, 2.24) is 10.2 Å². The minimum absolute atomic E-state index is 0.330. The molecule has 2 heterocycles. The van der Waals surface area contributed by atoms with E-state index in [1.165, 1.54) is 11.3 Å². The van der Waals surface area contributed by atoms with E-state index in [4.69, 9.17) is 27.6 Å². The van der Waals surface area contributed by atoms with Crippen molar-refractivity contribution in [3.8, 4) is 10.8 Å². The van der Waals surface area contributed by atoms with Crippen LogP contribution in [-0.4, -0.2) is 10.2 Å². The maximum Gasteiger partial charge on any atom is 0.207 e. The van der Waals surface area contributed by atoms with E-state index in [1.807, 2.05) is 0 Å². The molecule has 0 aliphatic carbocycles. The monoisotopic (exact) mass is 220 g/mol. The van der Waals surface area contributed by atoms with Gasteiger partial charge in [0, 0.05) is 0 Å². The first kappa shape index (κ1) is 8.04. The van der Waals surface area contributed by atoms with Gasteiger partial charge in [-0.05, 0) is 35.3 Å². The molecule has 0 amide bonds. The second-order valence-corrected chi connectivity index (χ2v) is 3.90. The summed E-state index contributed by atoms with van der Waals surface area (Å²) in [6.07, 6.45) is 0. The van der Waals surface area contributed by atoms with Crippen LogP contribution < -0.4 is 0 Å². The molecule has 0 fully saturated rings. The minimum atomic E-state index is 0.330. The summed E-state index contributed by atoms with van der Waals surface area (Å²) >= 11 is 12.4. The highest BCUT2D eigenvalue weighted by Gasteiger charge is 2.08. The predicted octanol–water partition coefficient (Wildman–Crippen LogP) is 3.10. The smallest absolute Gasteiger partial charge is 0.207 e. The molecular weight excluding hydrogens is 219 g/mol. The lowest BCUT2D eigenvalue weighted by Gasteiger charge is -1.83. The number of hydrogen-bond acceptors (Lipinski definition) is 4. The largest absolute Gasteiger partial charge is 0.442 e. The Bertz CT molecular complexity index is 359. The van der Waals surface area contributed by atoms with Crippen LogP contribution in [0.1, 0.15) is 0 Å². The number of nitrogens with zero attached hydrogens (tertiary/aromatic N) is 2. The SMILES string of the molecule is Clc1ccc(-c2nnc(Cl)s2)o1. The van der Waals surface area contributed by atoms with Gasteiger partial charge in [0.05, 0.1) is 0 Å². The van der Waals surface area contributed by atoms with Gasteiger partial charge in [-0.2, -0.15) is 0 Å². The second-order valence-electron chi connectivity index (χ2n) is 1.96. The van der Waals surface area contributed by atoms with Crippen LogP contribution in [0.2, 0.25) is 9.69 Å². The van der Waals surface area contributed by atoms with Crippen LogP contribution in [0.25, 0.3) is 10.8 Å². The fourth-order valence-electron chi connectivity index (χ4n) is 0.734. The standard InChI is InChI=1S/C6H2Cl2N2OS/c7-4-2-1-3(11-4)5-9-10-6(8)12-5/h1-2H. The molecule has 0 unspecified atom stereocenters. The lowest BCUT2D eigenvalue weighted by Crippen LogP contribution is -1.70. The van der Waals surface area contributed by atoms with Gasteiger partial charge in [-0.3, -0.25) is 0 Å². The fraction of sp³-hybridized carbons (Fsp3) is 0. The first-order valence-electron chi connectivity index (χ1n) is 3.00. The van der Waals surface area contributed by atoms with Crippen LogP contribution in [0.5, 0.6) is 0 Å². The molecule has 0 aliphatic rings. The Hall–Kier alpha value is -0.580. The van der Waals surface area contributed by atoms with E-state index >= 15 is 0 Å². The quantitative estimate of drug-likeness (QED) is 0.742. The van der Waals surface area contributed by atoms with E-state index in [0.29, 0.717) is 20.5 Å². The molecule has 0 aromatic carbocycles. The highest BCUT2D eigenvalue weighted by Crippen LogP contribution is 2.28. The number of hydrogen-bond donors (Lipinski definition) is 0. The van der Waals surface area contributed by atoms with Crippen LogP contribution in [0, 0.1) is 0 Å². The van der Waals surface area contributed by atoms with E-state index in [9.17, 15) is 0 Å². The Kier molecular flexibility index (Phi) is 2.04. The third-order valence-electron chi connectivity index (χ3n) is 1.18. The van der Waals surface area contributed by atoms with E-state index in [0.717, 1.165) is 0 Å². The van der Waals surface area contributed by atoms with Gasteiger partial charge < -0.3 is 4.42 Å². The second kappa shape index (κ2) is 3.05. The van der Waals surface area contributed by atoms with Crippen LogP contribution in [0.4, 0.5) is 0 Å². The molecule has 2 rings (SSSR count). The fourth-order valence-corrected chi connectivity index (χ4v) is 1.67. The molecule has 0 radical (unpaired) electrons. The van der Waals surface area contributed by atoms with Crippen molar-refractivity contribution in [3.63, 3.8) is 0 Å². The Labute approximate surface area is 81.9 Å². The summed E-state index contributed by atoms with van der Waals surface area (Å²) in [5.74, 6) is 0.587. The molecule has 2 aromatic rings. The Balaban J connectivity index is 2.43. The van der Waals surface area contributed by atoms with E-state index in [-0.39, 0.29) is 0 Å². The molecule has 0 N–H and O–H groups in total. The van der Waals surface area contributed by atoms with Gasteiger partial charge in [0.25, 0.3) is 0 Å². The van der Waals surface area contributed by atoms with Crippen molar-refractivity contribution < 1.29 is 4.42 Å². The summed E-state index contributed by atoms with van der Waals surface area (Å²) in [6, 6.07) is 3.37. The molecule has 0 bridgehead atoms. The van der Waals surface area contributed by atoms with Crippen LogP contribution in [-0.2, 0) is 0 Å². The third-order valence-corrected chi connectivity index (χ3v) is 2.42. The highest BCUT2D eigenvalue weighted by atomic mass is 35.5.